The highest BCUT2D eigenvalue weighted by Crippen LogP contribution is 2.30. The van der Waals surface area contributed by atoms with Gasteiger partial charge in [-0.2, -0.15) is 0 Å². The van der Waals surface area contributed by atoms with Crippen molar-refractivity contribution in [1.29, 1.82) is 0 Å². The average molecular weight is 296 g/mol. The molecule has 1 aromatic rings. The SMILES string of the molecule is CCC1CCN(c2ccc(Br)cc2C(C)=O)C1. The molecule has 0 aliphatic carbocycles. The van der Waals surface area contributed by atoms with Crippen LogP contribution in [0.2, 0.25) is 0 Å². The largest absolute Gasteiger partial charge is 0.371 e. The van der Waals surface area contributed by atoms with Crippen molar-refractivity contribution in [2.75, 3.05) is 18.0 Å². The number of carbonyl (C=O) groups is 1. The van der Waals surface area contributed by atoms with Gasteiger partial charge in [0.05, 0.1) is 0 Å². The van der Waals surface area contributed by atoms with Crippen LogP contribution in [0.25, 0.3) is 0 Å². The standard InChI is InChI=1S/C14H18BrNO/c1-3-11-6-7-16(9-11)14-5-4-12(15)8-13(14)10(2)17/h4-5,8,11H,3,6-7,9H2,1-2H3. The maximum atomic E-state index is 11.7. The van der Waals surface area contributed by atoms with E-state index in [1.54, 1.807) is 6.92 Å². The number of rotatable bonds is 3. The predicted molar refractivity (Wildman–Crippen MR) is 74.8 cm³/mol. The van der Waals surface area contributed by atoms with Crippen molar-refractivity contribution in [3.05, 3.63) is 28.2 Å². The Morgan fingerprint density at radius 3 is 2.88 bits per heavy atom. The van der Waals surface area contributed by atoms with E-state index in [4.69, 9.17) is 0 Å². The second-order valence-corrected chi connectivity index (χ2v) is 5.64. The van der Waals surface area contributed by atoms with Gasteiger partial charge in [0.2, 0.25) is 0 Å². The maximum Gasteiger partial charge on any atom is 0.161 e. The van der Waals surface area contributed by atoms with Crippen LogP contribution in [0.5, 0.6) is 0 Å². The zero-order valence-corrected chi connectivity index (χ0v) is 12.0. The van der Waals surface area contributed by atoms with E-state index < -0.39 is 0 Å². The summed E-state index contributed by atoms with van der Waals surface area (Å²) in [7, 11) is 0. The Bertz CT molecular complexity index is 430. The topological polar surface area (TPSA) is 20.3 Å². The first kappa shape index (κ1) is 12.6. The molecule has 17 heavy (non-hydrogen) atoms. The number of ketones is 1. The van der Waals surface area contributed by atoms with E-state index in [0.29, 0.717) is 0 Å². The molecule has 0 spiro atoms. The molecule has 1 aromatic carbocycles. The van der Waals surface area contributed by atoms with Crippen molar-refractivity contribution in [2.24, 2.45) is 5.92 Å². The van der Waals surface area contributed by atoms with Crippen LogP contribution in [0, 0.1) is 5.92 Å². The Hall–Kier alpha value is -0.830. The predicted octanol–water partition coefficient (Wildman–Crippen LogP) is 3.89. The molecule has 2 nitrogen and oxygen atoms in total. The molecule has 0 radical (unpaired) electrons. The molecule has 0 saturated carbocycles. The lowest BCUT2D eigenvalue weighted by Crippen LogP contribution is -2.21. The van der Waals surface area contributed by atoms with Gasteiger partial charge in [0.15, 0.2) is 5.78 Å². The average Bonchev–Trinajstić information content (AvgIpc) is 2.77. The van der Waals surface area contributed by atoms with Crippen LogP contribution in [0.1, 0.15) is 37.0 Å². The fourth-order valence-corrected chi connectivity index (χ4v) is 2.81. The van der Waals surface area contributed by atoms with Crippen LogP contribution >= 0.6 is 15.9 Å². The van der Waals surface area contributed by atoms with Gasteiger partial charge >= 0.3 is 0 Å². The van der Waals surface area contributed by atoms with Crippen LogP contribution < -0.4 is 4.90 Å². The number of halogens is 1. The van der Waals surface area contributed by atoms with Gasteiger partial charge in [0.1, 0.15) is 0 Å². The van der Waals surface area contributed by atoms with Crippen molar-refractivity contribution in [3.63, 3.8) is 0 Å². The summed E-state index contributed by atoms with van der Waals surface area (Å²) in [5.41, 5.74) is 1.92. The summed E-state index contributed by atoms with van der Waals surface area (Å²) in [6, 6.07) is 6.00. The molecule has 3 heteroatoms. The Morgan fingerprint density at radius 1 is 1.53 bits per heavy atom. The molecule has 1 aliphatic rings. The smallest absolute Gasteiger partial charge is 0.161 e. The molecule has 92 valence electrons. The summed E-state index contributed by atoms with van der Waals surface area (Å²) >= 11 is 3.43. The van der Waals surface area contributed by atoms with Gasteiger partial charge in [-0.3, -0.25) is 4.79 Å². The zero-order valence-electron chi connectivity index (χ0n) is 10.4. The third-order valence-corrected chi connectivity index (χ3v) is 4.04. The third kappa shape index (κ3) is 2.71. The van der Waals surface area contributed by atoms with E-state index in [1.165, 1.54) is 12.8 Å². The van der Waals surface area contributed by atoms with E-state index >= 15 is 0 Å². The number of hydrogen-bond donors (Lipinski definition) is 0. The van der Waals surface area contributed by atoms with Gasteiger partial charge in [-0.1, -0.05) is 29.3 Å². The quantitative estimate of drug-likeness (QED) is 0.789. The number of hydrogen-bond acceptors (Lipinski definition) is 2. The maximum absolute atomic E-state index is 11.7. The van der Waals surface area contributed by atoms with Crippen molar-refractivity contribution in [1.82, 2.24) is 0 Å². The fraction of sp³-hybridized carbons (Fsp3) is 0.500. The fourth-order valence-electron chi connectivity index (χ4n) is 2.45. The molecule has 0 aromatic heterocycles. The third-order valence-electron chi connectivity index (χ3n) is 3.54. The Kier molecular flexibility index (Phi) is 3.87. The second-order valence-electron chi connectivity index (χ2n) is 4.73. The number of anilines is 1. The first-order chi connectivity index (χ1) is 8.11. The minimum atomic E-state index is 0.140. The summed E-state index contributed by atoms with van der Waals surface area (Å²) in [6.07, 6.45) is 2.46. The number of Topliss-reactive ketones (excluding diaryl/α,β-unsaturated/α-hetero) is 1. The lowest BCUT2D eigenvalue weighted by molar-refractivity contribution is 0.101. The van der Waals surface area contributed by atoms with Crippen molar-refractivity contribution in [2.45, 2.75) is 26.7 Å². The van der Waals surface area contributed by atoms with E-state index in [2.05, 4.69) is 33.8 Å². The van der Waals surface area contributed by atoms with Crippen molar-refractivity contribution in [3.8, 4) is 0 Å². The molecule has 2 rings (SSSR count). The van der Waals surface area contributed by atoms with Crippen LogP contribution in [0.3, 0.4) is 0 Å². The number of carbonyl (C=O) groups excluding carboxylic acids is 1. The van der Waals surface area contributed by atoms with Gasteiger partial charge < -0.3 is 4.90 Å². The van der Waals surface area contributed by atoms with Gasteiger partial charge in [0.25, 0.3) is 0 Å². The summed E-state index contributed by atoms with van der Waals surface area (Å²) in [5.74, 6) is 0.916. The Balaban J connectivity index is 2.29. The highest BCUT2D eigenvalue weighted by molar-refractivity contribution is 9.10. The van der Waals surface area contributed by atoms with Crippen molar-refractivity contribution >= 4 is 27.4 Å². The van der Waals surface area contributed by atoms with Crippen LogP contribution in [-0.2, 0) is 0 Å². The first-order valence-corrected chi connectivity index (χ1v) is 6.96. The zero-order chi connectivity index (χ0) is 12.4. The van der Waals surface area contributed by atoms with Gasteiger partial charge in [0, 0.05) is 28.8 Å². The molecule has 1 saturated heterocycles. The van der Waals surface area contributed by atoms with Crippen LogP contribution in [0.4, 0.5) is 5.69 Å². The normalized spacial score (nSPS) is 19.7. The molecular weight excluding hydrogens is 278 g/mol. The van der Waals surface area contributed by atoms with E-state index in [0.717, 1.165) is 34.7 Å². The number of benzene rings is 1. The second kappa shape index (κ2) is 5.21. The Labute approximate surface area is 111 Å². The van der Waals surface area contributed by atoms with Gasteiger partial charge in [-0.15, -0.1) is 0 Å². The van der Waals surface area contributed by atoms with Crippen LogP contribution in [0.15, 0.2) is 22.7 Å². The lowest BCUT2D eigenvalue weighted by atomic mass is 10.1. The van der Waals surface area contributed by atoms with Gasteiger partial charge in [-0.05, 0) is 37.5 Å². The molecule has 0 N–H and O–H groups in total. The molecule has 1 heterocycles. The summed E-state index contributed by atoms with van der Waals surface area (Å²) < 4.78 is 0.970. The van der Waals surface area contributed by atoms with E-state index in [-0.39, 0.29) is 5.78 Å². The summed E-state index contributed by atoms with van der Waals surface area (Å²) in [6.45, 7) is 6.03. The molecule has 1 fully saturated rings. The molecule has 1 atom stereocenters. The highest BCUT2D eigenvalue weighted by Gasteiger charge is 2.23. The summed E-state index contributed by atoms with van der Waals surface area (Å²) in [4.78, 5) is 14.0. The molecule has 1 unspecified atom stereocenters. The highest BCUT2D eigenvalue weighted by atomic mass is 79.9. The first-order valence-electron chi connectivity index (χ1n) is 6.17. The minimum absolute atomic E-state index is 0.140. The minimum Gasteiger partial charge on any atom is -0.371 e. The Morgan fingerprint density at radius 2 is 2.29 bits per heavy atom. The number of nitrogens with zero attached hydrogens (tertiary/aromatic N) is 1. The van der Waals surface area contributed by atoms with E-state index in [1.807, 2.05) is 12.1 Å². The van der Waals surface area contributed by atoms with Gasteiger partial charge in [-0.25, -0.2) is 0 Å². The molecule has 0 bridgehead atoms. The lowest BCUT2D eigenvalue weighted by Gasteiger charge is -2.21. The van der Waals surface area contributed by atoms with Crippen LogP contribution in [-0.4, -0.2) is 18.9 Å². The van der Waals surface area contributed by atoms with Crippen molar-refractivity contribution < 1.29 is 4.79 Å². The molecule has 0 amide bonds. The molecular formula is C14H18BrNO. The van der Waals surface area contributed by atoms with E-state index in [9.17, 15) is 4.79 Å². The molecule has 1 aliphatic heterocycles. The monoisotopic (exact) mass is 295 g/mol. The summed E-state index contributed by atoms with van der Waals surface area (Å²) in [5, 5.41) is 0.